The average molecular weight is 247 g/mol. The van der Waals surface area contributed by atoms with Crippen molar-refractivity contribution < 1.29 is 19.4 Å². The van der Waals surface area contributed by atoms with Crippen LogP contribution in [0.4, 0.5) is 0 Å². The second kappa shape index (κ2) is 7.33. The topological polar surface area (TPSA) is 99.7 Å². The van der Waals surface area contributed by atoms with E-state index >= 15 is 0 Å². The largest absolute Gasteiger partial charge is 0.461 e. The minimum atomic E-state index is -1.60. The Labute approximate surface area is 101 Å². The number of hydrogen-bond donors (Lipinski definition) is 4. The predicted octanol–water partition coefficient (Wildman–Crippen LogP) is -2.17. The van der Waals surface area contributed by atoms with Gasteiger partial charge in [-0.3, -0.25) is 15.4 Å². The number of hydrogen-bond acceptors (Lipinski definition) is 7. The molecule has 4 N–H and O–H groups in total. The lowest BCUT2D eigenvalue weighted by molar-refractivity contribution is -0.158. The Morgan fingerprint density at radius 3 is 2.18 bits per heavy atom. The number of nitrogens with one attached hydrogen (secondary N) is 3. The van der Waals surface area contributed by atoms with E-state index in [0.29, 0.717) is 0 Å². The fourth-order valence-electron chi connectivity index (χ4n) is 1.38. The van der Waals surface area contributed by atoms with E-state index in [0.717, 1.165) is 0 Å². The molecule has 0 bridgehead atoms. The predicted molar refractivity (Wildman–Crippen MR) is 62.4 cm³/mol. The van der Waals surface area contributed by atoms with Gasteiger partial charge in [-0.05, 0) is 28.1 Å². The van der Waals surface area contributed by atoms with Crippen LogP contribution in [0.3, 0.4) is 0 Å². The number of carbonyl (C=O) groups excluding carboxylic acids is 2. The minimum Gasteiger partial charge on any atom is -0.461 e. The highest BCUT2D eigenvalue weighted by Crippen LogP contribution is 2.07. The molecule has 0 heterocycles. The summed E-state index contributed by atoms with van der Waals surface area (Å²) in [6.45, 7) is 1.21. The summed E-state index contributed by atoms with van der Waals surface area (Å²) in [5, 5.41) is 16.6. The van der Waals surface area contributed by atoms with Crippen LogP contribution >= 0.6 is 0 Å². The molecule has 0 fully saturated rings. The maximum atomic E-state index is 12.1. The molecule has 0 spiro atoms. The maximum Gasteiger partial charge on any atom is 0.349 e. The Kier molecular flexibility index (Phi) is 6.89. The summed E-state index contributed by atoms with van der Waals surface area (Å²) >= 11 is 0. The molecule has 0 aromatic heterocycles. The van der Waals surface area contributed by atoms with Gasteiger partial charge in [0.05, 0.1) is 12.6 Å². The third kappa shape index (κ3) is 3.47. The van der Waals surface area contributed by atoms with Crippen LogP contribution in [0.25, 0.3) is 0 Å². The molecule has 0 amide bonds. The SMILES string of the molecule is CNC(C)C(=O)C(NC)(NC)C(=O)OCCO. The highest BCUT2D eigenvalue weighted by atomic mass is 16.5. The van der Waals surface area contributed by atoms with E-state index in [1.165, 1.54) is 14.1 Å². The van der Waals surface area contributed by atoms with Gasteiger partial charge in [-0.2, -0.15) is 0 Å². The third-order valence-electron chi connectivity index (χ3n) is 2.58. The number of likely N-dealkylation sites (N-methyl/N-ethyl adjacent to an activating group) is 3. The van der Waals surface area contributed by atoms with Gasteiger partial charge in [0, 0.05) is 0 Å². The first-order valence-electron chi connectivity index (χ1n) is 5.37. The normalized spacial score (nSPS) is 13.2. The minimum absolute atomic E-state index is 0.148. The quantitative estimate of drug-likeness (QED) is 0.220. The summed E-state index contributed by atoms with van der Waals surface area (Å²) < 4.78 is 4.79. The molecule has 0 aliphatic rings. The Hall–Kier alpha value is -1.02. The van der Waals surface area contributed by atoms with Crippen molar-refractivity contribution in [2.45, 2.75) is 18.6 Å². The van der Waals surface area contributed by atoms with Crippen LogP contribution in [0.15, 0.2) is 0 Å². The van der Waals surface area contributed by atoms with Crippen molar-refractivity contribution in [1.82, 2.24) is 16.0 Å². The summed E-state index contributed by atoms with van der Waals surface area (Å²) in [6.07, 6.45) is 0. The van der Waals surface area contributed by atoms with Gasteiger partial charge in [-0.15, -0.1) is 0 Å². The number of carbonyl (C=O) groups is 2. The van der Waals surface area contributed by atoms with Crippen molar-refractivity contribution in [2.75, 3.05) is 34.4 Å². The highest BCUT2D eigenvalue weighted by molar-refractivity contribution is 6.10. The molecule has 0 aliphatic carbocycles. The van der Waals surface area contributed by atoms with E-state index in [1.807, 2.05) is 0 Å². The van der Waals surface area contributed by atoms with E-state index < -0.39 is 17.7 Å². The van der Waals surface area contributed by atoms with Crippen molar-refractivity contribution >= 4 is 11.8 Å². The molecular weight excluding hydrogens is 226 g/mol. The van der Waals surface area contributed by atoms with Crippen LogP contribution in [0.5, 0.6) is 0 Å². The lowest BCUT2D eigenvalue weighted by atomic mass is 9.99. The Morgan fingerprint density at radius 2 is 1.82 bits per heavy atom. The Bertz CT molecular complexity index is 266. The lowest BCUT2D eigenvalue weighted by Gasteiger charge is -2.31. The van der Waals surface area contributed by atoms with Crippen molar-refractivity contribution in [2.24, 2.45) is 0 Å². The number of esters is 1. The van der Waals surface area contributed by atoms with Gasteiger partial charge in [-0.25, -0.2) is 4.79 Å². The van der Waals surface area contributed by atoms with Gasteiger partial charge >= 0.3 is 5.97 Å². The standard InChI is InChI=1S/C10H21N3O4/c1-7(11-2)8(15)10(12-3,13-4)9(16)17-6-5-14/h7,11-14H,5-6H2,1-4H3. The fourth-order valence-corrected chi connectivity index (χ4v) is 1.38. The highest BCUT2D eigenvalue weighted by Gasteiger charge is 2.46. The summed E-state index contributed by atoms with van der Waals surface area (Å²) in [6, 6.07) is -0.517. The zero-order chi connectivity index (χ0) is 13.5. The van der Waals surface area contributed by atoms with E-state index in [-0.39, 0.29) is 19.0 Å². The second-order valence-corrected chi connectivity index (χ2v) is 3.48. The zero-order valence-electron chi connectivity index (χ0n) is 10.7. The molecule has 0 aliphatic heterocycles. The molecule has 1 atom stereocenters. The first-order valence-corrected chi connectivity index (χ1v) is 5.37. The smallest absolute Gasteiger partial charge is 0.349 e. The average Bonchev–Trinajstić information content (AvgIpc) is 2.37. The van der Waals surface area contributed by atoms with E-state index in [1.54, 1.807) is 14.0 Å². The van der Waals surface area contributed by atoms with Gasteiger partial charge in [0.15, 0.2) is 5.78 Å². The van der Waals surface area contributed by atoms with Crippen LogP contribution in [0, 0.1) is 0 Å². The molecule has 100 valence electrons. The van der Waals surface area contributed by atoms with Crippen molar-refractivity contribution in [3.05, 3.63) is 0 Å². The Balaban J connectivity index is 5.01. The van der Waals surface area contributed by atoms with Crippen LogP contribution in [0.1, 0.15) is 6.92 Å². The van der Waals surface area contributed by atoms with Crippen LogP contribution < -0.4 is 16.0 Å². The third-order valence-corrected chi connectivity index (χ3v) is 2.58. The van der Waals surface area contributed by atoms with Crippen LogP contribution in [0.2, 0.25) is 0 Å². The summed E-state index contributed by atoms with van der Waals surface area (Å²) in [5.41, 5.74) is -1.60. The van der Waals surface area contributed by atoms with Gasteiger partial charge in [0.1, 0.15) is 6.61 Å². The maximum absolute atomic E-state index is 12.1. The molecule has 7 nitrogen and oxygen atoms in total. The van der Waals surface area contributed by atoms with Gasteiger partial charge < -0.3 is 15.2 Å². The lowest BCUT2D eigenvalue weighted by Crippen LogP contribution is -2.69. The molecule has 7 heteroatoms. The number of Topliss-reactive ketones (excluding diaryl/α,β-unsaturated/α-hetero) is 1. The van der Waals surface area contributed by atoms with E-state index in [4.69, 9.17) is 9.84 Å². The summed E-state index contributed by atoms with van der Waals surface area (Å²) in [5.74, 6) is -1.14. The Morgan fingerprint density at radius 1 is 1.29 bits per heavy atom. The first-order chi connectivity index (χ1) is 7.99. The van der Waals surface area contributed by atoms with Crippen LogP contribution in [-0.4, -0.2) is 62.9 Å². The van der Waals surface area contributed by atoms with Crippen molar-refractivity contribution in [3.8, 4) is 0 Å². The molecule has 1 unspecified atom stereocenters. The van der Waals surface area contributed by atoms with E-state index in [9.17, 15) is 9.59 Å². The molecular formula is C10H21N3O4. The molecule has 17 heavy (non-hydrogen) atoms. The number of ketones is 1. The molecule has 0 saturated carbocycles. The fraction of sp³-hybridized carbons (Fsp3) is 0.800. The number of ether oxygens (including phenoxy) is 1. The van der Waals surface area contributed by atoms with E-state index in [2.05, 4.69) is 16.0 Å². The first kappa shape index (κ1) is 16.0. The molecule has 0 aromatic rings. The number of aliphatic hydroxyl groups is 1. The van der Waals surface area contributed by atoms with Crippen molar-refractivity contribution in [3.63, 3.8) is 0 Å². The number of rotatable bonds is 8. The molecule has 0 radical (unpaired) electrons. The van der Waals surface area contributed by atoms with Crippen molar-refractivity contribution in [1.29, 1.82) is 0 Å². The second-order valence-electron chi connectivity index (χ2n) is 3.48. The summed E-state index contributed by atoms with van der Waals surface area (Å²) in [4.78, 5) is 24.0. The molecule has 0 rings (SSSR count). The monoisotopic (exact) mass is 247 g/mol. The zero-order valence-corrected chi connectivity index (χ0v) is 10.7. The van der Waals surface area contributed by atoms with Gasteiger partial charge in [-0.1, -0.05) is 0 Å². The van der Waals surface area contributed by atoms with Gasteiger partial charge in [0.25, 0.3) is 0 Å². The molecule has 0 aromatic carbocycles. The van der Waals surface area contributed by atoms with Gasteiger partial charge in [0.2, 0.25) is 5.66 Å². The summed E-state index contributed by atoms with van der Waals surface area (Å²) in [7, 11) is 4.59. The number of aliphatic hydroxyl groups excluding tert-OH is 1. The molecule has 0 saturated heterocycles. The van der Waals surface area contributed by atoms with Crippen LogP contribution in [-0.2, 0) is 14.3 Å².